The molecule has 1 N–H and O–H groups in total. The number of benzene rings is 1. The van der Waals surface area contributed by atoms with E-state index in [1.807, 2.05) is 4.57 Å². The summed E-state index contributed by atoms with van der Waals surface area (Å²) in [6, 6.07) is 8.71. The summed E-state index contributed by atoms with van der Waals surface area (Å²) in [5.41, 5.74) is 1.29. The van der Waals surface area contributed by atoms with Gasteiger partial charge < -0.3 is 14.8 Å². The van der Waals surface area contributed by atoms with Gasteiger partial charge in [-0.3, -0.25) is 4.99 Å². The van der Waals surface area contributed by atoms with Gasteiger partial charge in [-0.1, -0.05) is 12.1 Å². The Morgan fingerprint density at radius 1 is 1.19 bits per heavy atom. The van der Waals surface area contributed by atoms with Crippen LogP contribution in [0.15, 0.2) is 46.8 Å². The molecule has 8 heteroatoms. The molecule has 0 atom stereocenters. The molecule has 0 fully saturated rings. The summed E-state index contributed by atoms with van der Waals surface area (Å²) in [4.78, 5) is 8.22. The maximum atomic E-state index is 4.75. The highest BCUT2D eigenvalue weighted by Gasteiger charge is 2.06. The van der Waals surface area contributed by atoms with Crippen molar-refractivity contribution in [2.75, 3.05) is 26.4 Å². The zero-order valence-corrected chi connectivity index (χ0v) is 18.9. The van der Waals surface area contributed by atoms with E-state index in [0.29, 0.717) is 0 Å². The maximum Gasteiger partial charge on any atom is 0.193 e. The van der Waals surface area contributed by atoms with E-state index < -0.39 is 0 Å². The van der Waals surface area contributed by atoms with Gasteiger partial charge in [-0.2, -0.15) is 0 Å². The number of nitrogens with zero attached hydrogens (tertiary/aromatic N) is 5. The molecule has 6 nitrogen and oxygen atoms in total. The van der Waals surface area contributed by atoms with Crippen LogP contribution < -0.4 is 5.32 Å². The Bertz CT molecular complexity index is 630. The number of nitrogens with one attached hydrogen (secondary N) is 1. The van der Waals surface area contributed by atoms with Crippen LogP contribution >= 0.6 is 35.7 Å². The Hall–Kier alpha value is -1.29. The Morgan fingerprint density at radius 2 is 1.88 bits per heavy atom. The minimum Gasteiger partial charge on any atom is -0.357 e. The van der Waals surface area contributed by atoms with Gasteiger partial charge in [-0.15, -0.1) is 45.9 Å². The van der Waals surface area contributed by atoms with Gasteiger partial charge in [0.2, 0.25) is 0 Å². The number of aryl methyl sites for hydroxylation is 1. The summed E-state index contributed by atoms with van der Waals surface area (Å²) in [5, 5.41) is 11.0. The number of thioether (sulfide) groups is 1. The highest BCUT2D eigenvalue weighted by molar-refractivity contribution is 14.0. The Kier molecular flexibility index (Phi) is 11.3. The Morgan fingerprint density at radius 3 is 2.50 bits per heavy atom. The molecule has 0 unspecified atom stereocenters. The van der Waals surface area contributed by atoms with E-state index in [4.69, 9.17) is 4.99 Å². The molecule has 2 aromatic rings. The van der Waals surface area contributed by atoms with Gasteiger partial charge in [0.1, 0.15) is 12.7 Å². The molecule has 0 radical (unpaired) electrons. The van der Waals surface area contributed by atoms with Crippen molar-refractivity contribution in [3.05, 3.63) is 42.5 Å². The third kappa shape index (κ3) is 7.94. The summed E-state index contributed by atoms with van der Waals surface area (Å²) in [5.74, 6) is 0.959. The standard InChI is InChI=1S/C18H28N6S.HI/c1-4-19-18(20-11-5-6-12-24-14-21-22-15-24)23(2)13-16-7-9-17(25-3)10-8-16;/h7-10,14-15H,4-6,11-13H2,1-3H3,(H,19,20);1H. The van der Waals surface area contributed by atoms with Crippen LogP contribution in [-0.4, -0.2) is 52.0 Å². The molecule has 0 aliphatic heterocycles. The Labute approximate surface area is 177 Å². The van der Waals surface area contributed by atoms with Crippen LogP contribution in [-0.2, 0) is 13.1 Å². The molecule has 0 amide bonds. The first kappa shape index (κ1) is 22.8. The number of aliphatic imine (C=N–C) groups is 1. The van der Waals surface area contributed by atoms with Crippen molar-refractivity contribution in [1.82, 2.24) is 25.0 Å². The predicted molar refractivity (Wildman–Crippen MR) is 120 cm³/mol. The summed E-state index contributed by atoms with van der Waals surface area (Å²) in [6.45, 7) is 5.58. The minimum atomic E-state index is 0. The predicted octanol–water partition coefficient (Wildman–Crippen LogP) is 3.50. The lowest BCUT2D eigenvalue weighted by Crippen LogP contribution is -2.38. The number of hydrogen-bond acceptors (Lipinski definition) is 4. The fourth-order valence-corrected chi connectivity index (χ4v) is 2.89. The van der Waals surface area contributed by atoms with Crippen molar-refractivity contribution in [2.24, 2.45) is 4.99 Å². The molecule has 0 aliphatic carbocycles. The number of halogens is 1. The second kappa shape index (κ2) is 13.0. The number of rotatable bonds is 9. The number of hydrogen-bond donors (Lipinski definition) is 1. The first-order valence-electron chi connectivity index (χ1n) is 8.67. The lowest BCUT2D eigenvalue weighted by molar-refractivity contribution is 0.475. The van der Waals surface area contributed by atoms with Gasteiger partial charge >= 0.3 is 0 Å². The third-order valence-electron chi connectivity index (χ3n) is 3.83. The highest BCUT2D eigenvalue weighted by atomic mass is 127. The van der Waals surface area contributed by atoms with Gasteiger partial charge in [0.05, 0.1) is 0 Å². The second-order valence-corrected chi connectivity index (χ2v) is 6.73. The lowest BCUT2D eigenvalue weighted by Gasteiger charge is -2.22. The first-order chi connectivity index (χ1) is 12.2. The van der Waals surface area contributed by atoms with Crippen molar-refractivity contribution in [3.63, 3.8) is 0 Å². The summed E-state index contributed by atoms with van der Waals surface area (Å²) in [7, 11) is 2.08. The molecule has 1 aromatic heterocycles. The van der Waals surface area contributed by atoms with Crippen LogP contribution in [0.4, 0.5) is 0 Å². The van der Waals surface area contributed by atoms with Gasteiger partial charge in [0, 0.05) is 38.1 Å². The first-order valence-corrected chi connectivity index (χ1v) is 9.90. The molecule has 26 heavy (non-hydrogen) atoms. The van der Waals surface area contributed by atoms with Crippen LogP contribution in [0.3, 0.4) is 0 Å². The molecule has 1 aromatic carbocycles. The monoisotopic (exact) mass is 488 g/mol. The fourth-order valence-electron chi connectivity index (χ4n) is 2.48. The summed E-state index contributed by atoms with van der Waals surface area (Å²) < 4.78 is 2.00. The number of guanidine groups is 1. The van der Waals surface area contributed by atoms with Crippen molar-refractivity contribution >= 4 is 41.7 Å². The van der Waals surface area contributed by atoms with E-state index in [9.17, 15) is 0 Å². The molecule has 0 aliphatic rings. The fraction of sp³-hybridized carbons (Fsp3) is 0.500. The minimum absolute atomic E-state index is 0. The second-order valence-electron chi connectivity index (χ2n) is 5.85. The average molecular weight is 488 g/mol. The van der Waals surface area contributed by atoms with Crippen LogP contribution in [0.2, 0.25) is 0 Å². The normalized spacial score (nSPS) is 11.1. The van der Waals surface area contributed by atoms with E-state index in [-0.39, 0.29) is 24.0 Å². The van der Waals surface area contributed by atoms with E-state index in [0.717, 1.165) is 45.0 Å². The van der Waals surface area contributed by atoms with Crippen LogP contribution in [0.1, 0.15) is 25.3 Å². The van der Waals surface area contributed by atoms with Crippen molar-refractivity contribution in [1.29, 1.82) is 0 Å². The van der Waals surface area contributed by atoms with Gasteiger partial charge in [0.15, 0.2) is 5.96 Å². The molecule has 1 heterocycles. The molecular weight excluding hydrogens is 459 g/mol. The Balaban J connectivity index is 0.00000338. The highest BCUT2D eigenvalue weighted by Crippen LogP contribution is 2.15. The zero-order chi connectivity index (χ0) is 17.9. The van der Waals surface area contributed by atoms with Crippen LogP contribution in [0.5, 0.6) is 0 Å². The van der Waals surface area contributed by atoms with Crippen LogP contribution in [0, 0.1) is 0 Å². The van der Waals surface area contributed by atoms with E-state index in [1.54, 1.807) is 24.4 Å². The van der Waals surface area contributed by atoms with Crippen molar-refractivity contribution in [2.45, 2.75) is 37.8 Å². The number of aromatic nitrogens is 3. The smallest absolute Gasteiger partial charge is 0.193 e. The van der Waals surface area contributed by atoms with Crippen molar-refractivity contribution < 1.29 is 0 Å². The molecule has 0 saturated heterocycles. The molecular formula is C18H29IN6S. The van der Waals surface area contributed by atoms with Gasteiger partial charge in [-0.05, 0) is 43.7 Å². The quantitative estimate of drug-likeness (QED) is 0.193. The lowest BCUT2D eigenvalue weighted by atomic mass is 10.2. The topological polar surface area (TPSA) is 58.3 Å². The molecule has 0 saturated carbocycles. The van der Waals surface area contributed by atoms with Crippen LogP contribution in [0.25, 0.3) is 0 Å². The van der Waals surface area contributed by atoms with E-state index >= 15 is 0 Å². The summed E-state index contributed by atoms with van der Waals surface area (Å²) >= 11 is 1.77. The van der Waals surface area contributed by atoms with Gasteiger partial charge in [-0.25, -0.2) is 0 Å². The molecule has 0 bridgehead atoms. The molecule has 0 spiro atoms. The average Bonchev–Trinajstić information content (AvgIpc) is 3.14. The van der Waals surface area contributed by atoms with Gasteiger partial charge in [0.25, 0.3) is 0 Å². The SMILES string of the molecule is CCNC(=NCCCCn1cnnc1)N(C)Cc1ccc(SC)cc1.I. The van der Waals surface area contributed by atoms with E-state index in [2.05, 4.69) is 64.9 Å². The third-order valence-corrected chi connectivity index (χ3v) is 4.57. The number of unbranched alkanes of at least 4 members (excludes halogenated alkanes) is 1. The van der Waals surface area contributed by atoms with E-state index in [1.165, 1.54) is 10.5 Å². The van der Waals surface area contributed by atoms with Crippen molar-refractivity contribution in [3.8, 4) is 0 Å². The summed E-state index contributed by atoms with van der Waals surface area (Å²) in [6.07, 6.45) is 7.72. The zero-order valence-electron chi connectivity index (χ0n) is 15.8. The molecule has 144 valence electrons. The largest absolute Gasteiger partial charge is 0.357 e. The molecule has 2 rings (SSSR count). The maximum absolute atomic E-state index is 4.75.